The summed E-state index contributed by atoms with van der Waals surface area (Å²) in [5.41, 5.74) is 1.45. The second-order valence-corrected chi connectivity index (χ2v) is 5.96. The van der Waals surface area contributed by atoms with Crippen LogP contribution in [0.3, 0.4) is 0 Å². The molecule has 0 radical (unpaired) electrons. The van der Waals surface area contributed by atoms with Crippen LogP contribution >= 0.6 is 0 Å². The first-order valence-electron chi connectivity index (χ1n) is 8.36. The lowest BCUT2D eigenvalue weighted by Gasteiger charge is -2.24. The van der Waals surface area contributed by atoms with E-state index in [1.54, 1.807) is 48.5 Å². The predicted molar refractivity (Wildman–Crippen MR) is 93.8 cm³/mol. The van der Waals surface area contributed by atoms with Crippen molar-refractivity contribution in [3.63, 3.8) is 0 Å². The average Bonchev–Trinajstić information content (AvgIpc) is 3.01. The Morgan fingerprint density at radius 2 is 1.41 bits per heavy atom. The van der Waals surface area contributed by atoms with Gasteiger partial charge in [-0.25, -0.2) is 9.59 Å². The van der Waals surface area contributed by atoms with Crippen molar-refractivity contribution in [3.05, 3.63) is 71.8 Å². The van der Waals surface area contributed by atoms with E-state index in [0.29, 0.717) is 5.06 Å². The molecule has 1 fully saturated rings. The highest BCUT2D eigenvalue weighted by Crippen LogP contribution is 2.31. The molecule has 27 heavy (non-hydrogen) atoms. The number of carbonyl (C=O) groups excluding carboxylic acids is 4. The SMILES string of the molecule is O=C=NC(C(=O)ON1C(=O)CCC1=O)C(c1ccccc1)c1ccccc1. The van der Waals surface area contributed by atoms with Crippen molar-refractivity contribution >= 4 is 23.9 Å². The Kier molecular flexibility index (Phi) is 5.54. The van der Waals surface area contributed by atoms with Gasteiger partial charge in [0.05, 0.1) is 0 Å². The van der Waals surface area contributed by atoms with Gasteiger partial charge in [0.1, 0.15) is 0 Å². The van der Waals surface area contributed by atoms with Crippen LogP contribution in [0.4, 0.5) is 0 Å². The molecule has 0 saturated carbocycles. The summed E-state index contributed by atoms with van der Waals surface area (Å²) in [6, 6.07) is 16.7. The van der Waals surface area contributed by atoms with E-state index in [9.17, 15) is 19.2 Å². The van der Waals surface area contributed by atoms with Crippen molar-refractivity contribution in [3.8, 4) is 0 Å². The Hall–Kier alpha value is -3.57. The van der Waals surface area contributed by atoms with Crippen LogP contribution in [0, 0.1) is 0 Å². The number of amides is 2. The maximum atomic E-state index is 12.7. The molecule has 2 aromatic rings. The van der Waals surface area contributed by atoms with E-state index in [0.717, 1.165) is 11.1 Å². The van der Waals surface area contributed by atoms with E-state index in [2.05, 4.69) is 4.99 Å². The second kappa shape index (κ2) is 8.21. The molecule has 2 amide bonds. The summed E-state index contributed by atoms with van der Waals surface area (Å²) >= 11 is 0. The molecular weight excluding hydrogens is 348 g/mol. The molecule has 0 aromatic heterocycles. The zero-order valence-corrected chi connectivity index (χ0v) is 14.3. The maximum Gasteiger partial charge on any atom is 0.359 e. The number of hydrogen-bond donors (Lipinski definition) is 0. The molecular formula is C20H16N2O5. The van der Waals surface area contributed by atoms with Crippen LogP contribution in [0.25, 0.3) is 0 Å². The van der Waals surface area contributed by atoms with Crippen molar-refractivity contribution in [2.75, 3.05) is 0 Å². The number of aliphatic imine (C=N–C) groups is 1. The molecule has 1 aliphatic heterocycles. The summed E-state index contributed by atoms with van der Waals surface area (Å²) in [6.45, 7) is 0. The van der Waals surface area contributed by atoms with Crippen LogP contribution in [0.15, 0.2) is 65.7 Å². The molecule has 0 aliphatic carbocycles. The van der Waals surface area contributed by atoms with Crippen molar-refractivity contribution < 1.29 is 24.0 Å². The fraction of sp³-hybridized carbons (Fsp3) is 0.200. The molecule has 1 heterocycles. The second-order valence-electron chi connectivity index (χ2n) is 5.96. The van der Waals surface area contributed by atoms with Gasteiger partial charge in [-0.1, -0.05) is 60.7 Å². The Balaban J connectivity index is 1.98. The van der Waals surface area contributed by atoms with Gasteiger partial charge in [-0.15, -0.1) is 5.06 Å². The van der Waals surface area contributed by atoms with Gasteiger partial charge in [0.25, 0.3) is 11.8 Å². The molecule has 1 aliphatic rings. The van der Waals surface area contributed by atoms with E-state index in [4.69, 9.17) is 4.84 Å². The largest absolute Gasteiger partial charge is 0.359 e. The number of carbonyl (C=O) groups is 3. The summed E-state index contributed by atoms with van der Waals surface area (Å²) in [6.07, 6.45) is 1.36. The van der Waals surface area contributed by atoms with Gasteiger partial charge in [0.2, 0.25) is 6.08 Å². The molecule has 3 rings (SSSR count). The minimum atomic E-state index is -1.30. The van der Waals surface area contributed by atoms with Crippen LogP contribution in [0.2, 0.25) is 0 Å². The van der Waals surface area contributed by atoms with Crippen molar-refractivity contribution in [1.29, 1.82) is 0 Å². The first-order chi connectivity index (χ1) is 13.1. The minimum Gasteiger partial charge on any atom is -0.328 e. The number of rotatable bonds is 6. The fourth-order valence-corrected chi connectivity index (χ4v) is 3.00. The summed E-state index contributed by atoms with van der Waals surface area (Å²) in [4.78, 5) is 55.8. The predicted octanol–water partition coefficient (Wildman–Crippen LogP) is 2.13. The lowest BCUT2D eigenvalue weighted by Crippen LogP contribution is -2.38. The van der Waals surface area contributed by atoms with Gasteiger partial charge in [0, 0.05) is 18.8 Å². The van der Waals surface area contributed by atoms with E-state index in [1.807, 2.05) is 12.1 Å². The highest BCUT2D eigenvalue weighted by atomic mass is 16.7. The first kappa shape index (κ1) is 18.2. The van der Waals surface area contributed by atoms with E-state index >= 15 is 0 Å². The third-order valence-corrected chi connectivity index (χ3v) is 4.25. The van der Waals surface area contributed by atoms with Gasteiger partial charge in [-0.05, 0) is 11.1 Å². The molecule has 1 saturated heterocycles. The maximum absolute atomic E-state index is 12.7. The Morgan fingerprint density at radius 3 is 1.85 bits per heavy atom. The Labute approximate surface area is 155 Å². The van der Waals surface area contributed by atoms with E-state index in [-0.39, 0.29) is 12.8 Å². The lowest BCUT2D eigenvalue weighted by atomic mass is 9.85. The van der Waals surface area contributed by atoms with Crippen LogP contribution in [-0.2, 0) is 24.0 Å². The molecule has 0 N–H and O–H groups in total. The van der Waals surface area contributed by atoms with Gasteiger partial charge < -0.3 is 4.84 Å². The summed E-state index contributed by atoms with van der Waals surface area (Å²) in [5, 5.41) is 0.447. The first-order valence-corrected chi connectivity index (χ1v) is 8.36. The molecule has 7 heteroatoms. The van der Waals surface area contributed by atoms with Crippen molar-refractivity contribution in [2.24, 2.45) is 4.99 Å². The molecule has 7 nitrogen and oxygen atoms in total. The molecule has 0 bridgehead atoms. The zero-order chi connectivity index (χ0) is 19.2. The molecule has 1 atom stereocenters. The molecule has 2 aromatic carbocycles. The topological polar surface area (TPSA) is 93.1 Å². The number of imide groups is 1. The van der Waals surface area contributed by atoms with Crippen molar-refractivity contribution in [1.82, 2.24) is 5.06 Å². The number of hydrogen-bond acceptors (Lipinski definition) is 6. The number of isocyanates is 1. The summed E-state index contributed by atoms with van der Waals surface area (Å²) < 4.78 is 0. The average molecular weight is 364 g/mol. The highest BCUT2D eigenvalue weighted by molar-refractivity contribution is 6.01. The van der Waals surface area contributed by atoms with E-state index < -0.39 is 29.7 Å². The van der Waals surface area contributed by atoms with Gasteiger partial charge in [-0.3, -0.25) is 9.59 Å². The van der Waals surface area contributed by atoms with Gasteiger partial charge >= 0.3 is 5.97 Å². The quantitative estimate of drug-likeness (QED) is 0.445. The van der Waals surface area contributed by atoms with Crippen molar-refractivity contribution in [2.45, 2.75) is 24.8 Å². The highest BCUT2D eigenvalue weighted by Gasteiger charge is 2.38. The van der Waals surface area contributed by atoms with Crippen LogP contribution in [-0.4, -0.2) is 35.0 Å². The molecule has 136 valence electrons. The van der Waals surface area contributed by atoms with Crippen LogP contribution in [0.1, 0.15) is 29.9 Å². The Morgan fingerprint density at radius 1 is 0.926 bits per heavy atom. The monoisotopic (exact) mass is 364 g/mol. The van der Waals surface area contributed by atoms with Gasteiger partial charge in [0.15, 0.2) is 6.04 Å². The number of nitrogens with zero attached hydrogens (tertiary/aromatic N) is 2. The summed E-state index contributed by atoms with van der Waals surface area (Å²) in [7, 11) is 0. The number of hydroxylamine groups is 2. The Bertz CT molecular complexity index is 836. The third-order valence-electron chi connectivity index (χ3n) is 4.25. The van der Waals surface area contributed by atoms with E-state index in [1.165, 1.54) is 6.08 Å². The fourth-order valence-electron chi connectivity index (χ4n) is 3.00. The van der Waals surface area contributed by atoms with Crippen LogP contribution < -0.4 is 0 Å². The molecule has 0 spiro atoms. The summed E-state index contributed by atoms with van der Waals surface area (Å²) in [5.74, 6) is -2.81. The minimum absolute atomic E-state index is 0.0193. The normalized spacial score (nSPS) is 14.8. The molecule has 1 unspecified atom stereocenters. The lowest BCUT2D eigenvalue weighted by molar-refractivity contribution is -0.198. The smallest absolute Gasteiger partial charge is 0.328 e. The van der Waals surface area contributed by atoms with Crippen LogP contribution in [0.5, 0.6) is 0 Å². The standard InChI is InChI=1S/C20H16N2O5/c23-13-21-19(20(26)27-22-16(24)11-12-17(22)25)18(14-7-3-1-4-8-14)15-9-5-2-6-10-15/h1-10,18-19H,11-12H2. The number of benzene rings is 2. The van der Waals surface area contributed by atoms with Gasteiger partial charge in [-0.2, -0.15) is 4.99 Å². The zero-order valence-electron chi connectivity index (χ0n) is 14.3. The third kappa shape index (κ3) is 3.99.